The third-order valence-corrected chi connectivity index (χ3v) is 4.63. The monoisotopic (exact) mass is 344 g/mol. The molecule has 2 aromatic heterocycles. The highest BCUT2D eigenvalue weighted by Crippen LogP contribution is 2.39. The average Bonchev–Trinajstić information content (AvgIpc) is 3.14. The van der Waals surface area contributed by atoms with Crippen molar-refractivity contribution in [3.63, 3.8) is 0 Å². The Labute approximate surface area is 144 Å². The van der Waals surface area contributed by atoms with Crippen molar-refractivity contribution in [3.05, 3.63) is 34.5 Å². The number of aromatic nitrogens is 4. The molecular weight excluding hydrogens is 328 g/mol. The first-order valence-electron chi connectivity index (χ1n) is 8.10. The van der Waals surface area contributed by atoms with Crippen LogP contribution in [0.5, 0.6) is 0 Å². The predicted molar refractivity (Wildman–Crippen MR) is 87.7 cm³/mol. The van der Waals surface area contributed by atoms with Crippen LogP contribution >= 0.6 is 11.6 Å². The van der Waals surface area contributed by atoms with E-state index in [2.05, 4.69) is 25.5 Å². The van der Waals surface area contributed by atoms with Crippen molar-refractivity contribution in [2.24, 2.45) is 0 Å². The van der Waals surface area contributed by atoms with E-state index in [9.17, 15) is 0 Å². The summed E-state index contributed by atoms with van der Waals surface area (Å²) in [6.45, 7) is 0.610. The van der Waals surface area contributed by atoms with E-state index < -0.39 is 0 Å². The number of nitrogens with zero attached hydrogens (tertiary/aromatic N) is 4. The highest BCUT2D eigenvalue weighted by molar-refractivity contribution is 6.33. The minimum atomic E-state index is -0.0267. The number of ether oxygens (including phenoxy) is 1. The Bertz CT molecular complexity index is 781. The van der Waals surface area contributed by atoms with Gasteiger partial charge in [-0.25, -0.2) is 9.97 Å². The van der Waals surface area contributed by atoms with Gasteiger partial charge in [-0.15, -0.1) is 0 Å². The zero-order valence-corrected chi connectivity index (χ0v) is 13.8. The van der Waals surface area contributed by atoms with Crippen LogP contribution in [0.25, 0.3) is 0 Å². The van der Waals surface area contributed by atoms with Gasteiger partial charge in [0.05, 0.1) is 16.7 Å². The molecule has 0 unspecified atom stereocenters. The van der Waals surface area contributed by atoms with Gasteiger partial charge in [-0.2, -0.15) is 10.4 Å². The van der Waals surface area contributed by atoms with Crippen LogP contribution in [0.4, 0.5) is 5.82 Å². The topological polar surface area (TPSA) is 99.5 Å². The first-order valence-corrected chi connectivity index (χ1v) is 8.48. The van der Waals surface area contributed by atoms with Crippen molar-refractivity contribution in [2.75, 3.05) is 11.9 Å². The molecule has 1 saturated carbocycles. The van der Waals surface area contributed by atoms with Gasteiger partial charge in [-0.1, -0.05) is 11.6 Å². The van der Waals surface area contributed by atoms with E-state index in [1.165, 1.54) is 19.0 Å². The zero-order chi connectivity index (χ0) is 16.5. The Morgan fingerprint density at radius 3 is 3.00 bits per heavy atom. The summed E-state index contributed by atoms with van der Waals surface area (Å²) >= 11 is 6.12. The summed E-state index contributed by atoms with van der Waals surface area (Å²) in [4.78, 5) is 8.73. The molecule has 24 heavy (non-hydrogen) atoms. The molecule has 0 amide bonds. The number of pyridine rings is 1. The van der Waals surface area contributed by atoms with Crippen LogP contribution in [0.1, 0.15) is 54.9 Å². The van der Waals surface area contributed by atoms with Crippen LogP contribution in [-0.2, 0) is 4.74 Å². The van der Waals surface area contributed by atoms with Crippen LogP contribution in [0.2, 0.25) is 5.02 Å². The van der Waals surface area contributed by atoms with E-state index in [0.29, 0.717) is 28.9 Å². The molecule has 1 saturated heterocycles. The van der Waals surface area contributed by atoms with Crippen molar-refractivity contribution >= 4 is 17.4 Å². The number of halogens is 1. The van der Waals surface area contributed by atoms with Gasteiger partial charge in [0.25, 0.3) is 0 Å². The standard InChI is InChI=1S/C16H17ClN6O/c17-12-5-9(6-18)7-19-15(12)20-8-11-3-4-13(24-11)16-21-14(22-23-16)10-1-2-10/h5,7,10-11,13H,1-4,8H2,(H,19,20)(H,21,22,23)/t11-,13+/m1/s1. The SMILES string of the molecule is N#Cc1cnc(NC[C@H]2CC[C@@H](c3nc(C4CC4)n[nH]3)O2)c(Cl)c1. The smallest absolute Gasteiger partial charge is 0.153 e. The Hall–Kier alpha value is -2.17. The summed E-state index contributed by atoms with van der Waals surface area (Å²) in [5, 5.41) is 19.8. The van der Waals surface area contributed by atoms with Crippen molar-refractivity contribution in [2.45, 2.75) is 43.8 Å². The third-order valence-electron chi connectivity index (χ3n) is 4.34. The summed E-state index contributed by atoms with van der Waals surface area (Å²) in [5.41, 5.74) is 0.444. The van der Waals surface area contributed by atoms with Crippen molar-refractivity contribution < 1.29 is 4.74 Å². The fraction of sp³-hybridized carbons (Fsp3) is 0.500. The van der Waals surface area contributed by atoms with E-state index in [-0.39, 0.29) is 12.2 Å². The van der Waals surface area contributed by atoms with Gasteiger partial charge in [0, 0.05) is 18.7 Å². The minimum absolute atomic E-state index is 0.0267. The van der Waals surface area contributed by atoms with Gasteiger partial charge in [0.15, 0.2) is 11.6 Å². The van der Waals surface area contributed by atoms with Gasteiger partial charge >= 0.3 is 0 Å². The molecule has 0 aromatic carbocycles. The van der Waals surface area contributed by atoms with E-state index in [0.717, 1.165) is 24.5 Å². The van der Waals surface area contributed by atoms with E-state index in [1.54, 1.807) is 6.07 Å². The summed E-state index contributed by atoms with van der Waals surface area (Å²) in [5.74, 6) is 2.86. The molecule has 0 bridgehead atoms. The summed E-state index contributed by atoms with van der Waals surface area (Å²) in [6, 6.07) is 3.62. The molecule has 0 spiro atoms. The molecule has 2 aromatic rings. The first kappa shape index (κ1) is 15.4. The molecule has 124 valence electrons. The Kier molecular flexibility index (Phi) is 4.08. The van der Waals surface area contributed by atoms with Crippen molar-refractivity contribution in [1.82, 2.24) is 20.2 Å². The number of anilines is 1. The van der Waals surface area contributed by atoms with Gasteiger partial charge in [-0.3, -0.25) is 5.10 Å². The second kappa shape index (κ2) is 6.38. The number of nitriles is 1. The number of hydrogen-bond donors (Lipinski definition) is 2. The number of aromatic amines is 1. The molecule has 1 aliphatic heterocycles. The van der Waals surface area contributed by atoms with E-state index >= 15 is 0 Å². The number of hydrogen-bond acceptors (Lipinski definition) is 6. The molecule has 8 heteroatoms. The van der Waals surface area contributed by atoms with Crippen LogP contribution < -0.4 is 5.32 Å². The molecule has 1 aliphatic carbocycles. The molecule has 2 atom stereocenters. The van der Waals surface area contributed by atoms with Crippen LogP contribution in [-0.4, -0.2) is 32.8 Å². The van der Waals surface area contributed by atoms with Gasteiger partial charge in [0.2, 0.25) is 0 Å². The molecule has 7 nitrogen and oxygen atoms in total. The maximum atomic E-state index is 8.83. The second-order valence-electron chi connectivity index (χ2n) is 6.22. The quantitative estimate of drug-likeness (QED) is 0.865. The maximum absolute atomic E-state index is 8.83. The van der Waals surface area contributed by atoms with Crippen molar-refractivity contribution in [1.29, 1.82) is 5.26 Å². The molecular formula is C16H17ClN6O. The predicted octanol–water partition coefficient (Wildman–Crippen LogP) is 2.93. The van der Waals surface area contributed by atoms with Crippen LogP contribution in [0.3, 0.4) is 0 Å². The lowest BCUT2D eigenvalue weighted by molar-refractivity contribution is 0.0471. The van der Waals surface area contributed by atoms with Crippen LogP contribution in [0, 0.1) is 11.3 Å². The lowest BCUT2D eigenvalue weighted by Crippen LogP contribution is -2.20. The summed E-state index contributed by atoms with van der Waals surface area (Å²) < 4.78 is 6.05. The first-order chi connectivity index (χ1) is 11.7. The highest BCUT2D eigenvalue weighted by Gasteiger charge is 2.32. The molecule has 2 fully saturated rings. The van der Waals surface area contributed by atoms with Crippen LogP contribution in [0.15, 0.2) is 12.3 Å². The number of nitrogens with one attached hydrogen (secondary N) is 2. The van der Waals surface area contributed by atoms with Gasteiger partial charge in [0.1, 0.15) is 18.0 Å². The fourth-order valence-electron chi connectivity index (χ4n) is 2.85. The van der Waals surface area contributed by atoms with Crippen molar-refractivity contribution in [3.8, 4) is 6.07 Å². The number of rotatable bonds is 5. The Morgan fingerprint density at radius 1 is 1.38 bits per heavy atom. The largest absolute Gasteiger partial charge is 0.366 e. The second-order valence-corrected chi connectivity index (χ2v) is 6.63. The molecule has 2 aliphatic rings. The highest BCUT2D eigenvalue weighted by atomic mass is 35.5. The van der Waals surface area contributed by atoms with Gasteiger partial charge in [-0.05, 0) is 31.7 Å². The third kappa shape index (κ3) is 3.21. The Morgan fingerprint density at radius 2 is 2.25 bits per heavy atom. The molecule has 3 heterocycles. The minimum Gasteiger partial charge on any atom is -0.366 e. The van der Waals surface area contributed by atoms with E-state index in [4.69, 9.17) is 21.6 Å². The molecule has 4 rings (SSSR count). The lowest BCUT2D eigenvalue weighted by atomic mass is 10.2. The lowest BCUT2D eigenvalue weighted by Gasteiger charge is -2.14. The summed E-state index contributed by atoms with van der Waals surface area (Å²) in [6.07, 6.45) is 5.77. The summed E-state index contributed by atoms with van der Waals surface area (Å²) in [7, 11) is 0. The normalized spacial score (nSPS) is 23.2. The average molecular weight is 345 g/mol. The maximum Gasteiger partial charge on any atom is 0.153 e. The van der Waals surface area contributed by atoms with E-state index in [1.807, 2.05) is 6.07 Å². The fourth-order valence-corrected chi connectivity index (χ4v) is 3.09. The van der Waals surface area contributed by atoms with Gasteiger partial charge < -0.3 is 10.1 Å². The zero-order valence-electron chi connectivity index (χ0n) is 13.0. The molecule has 0 radical (unpaired) electrons. The number of H-pyrrole nitrogens is 1. The molecule has 2 N–H and O–H groups in total. The Balaban J connectivity index is 1.33.